The maximum Gasteiger partial charge on any atom is 0.335 e. The van der Waals surface area contributed by atoms with Gasteiger partial charge in [0.2, 0.25) is 0 Å². The van der Waals surface area contributed by atoms with Crippen molar-refractivity contribution in [3.63, 3.8) is 0 Å². The molecule has 0 radical (unpaired) electrons. The van der Waals surface area contributed by atoms with Gasteiger partial charge in [0.1, 0.15) is 5.75 Å². The number of hydrogen-bond donors (Lipinski definition) is 1. The average molecular weight is 289 g/mol. The minimum Gasteiger partial charge on any atom is -0.493 e. The van der Waals surface area contributed by atoms with Gasteiger partial charge in [0.05, 0.1) is 12.2 Å². The number of halogens is 1. The van der Waals surface area contributed by atoms with Crippen LogP contribution in [0.1, 0.15) is 22.3 Å². The summed E-state index contributed by atoms with van der Waals surface area (Å²) in [6.45, 7) is 0.764. The fourth-order valence-corrected chi connectivity index (χ4v) is 2.70. The third-order valence-electron chi connectivity index (χ3n) is 3.44. The van der Waals surface area contributed by atoms with Crippen LogP contribution < -0.4 is 4.74 Å². The highest BCUT2D eigenvalue weighted by molar-refractivity contribution is 6.33. The van der Waals surface area contributed by atoms with Crippen molar-refractivity contribution in [2.24, 2.45) is 0 Å². The molecule has 1 heterocycles. The molecule has 0 unspecified atom stereocenters. The molecule has 0 atom stereocenters. The van der Waals surface area contributed by atoms with Crippen molar-refractivity contribution in [1.82, 2.24) is 0 Å². The monoisotopic (exact) mass is 288 g/mol. The summed E-state index contributed by atoms with van der Waals surface area (Å²) < 4.78 is 5.58. The molecule has 3 rings (SSSR count). The molecule has 0 aliphatic carbocycles. The maximum atomic E-state index is 10.9. The van der Waals surface area contributed by atoms with Crippen LogP contribution in [0.2, 0.25) is 5.02 Å². The first kappa shape index (κ1) is 13.0. The standard InChI is InChI=1S/C16H13ClO3/c17-14-9-12(16(18)19)3-5-13(14)10-4-6-15-11(8-10)2-1-7-20-15/h3-6,8-9H,1-2,7H2,(H,18,19). The summed E-state index contributed by atoms with van der Waals surface area (Å²) in [5.41, 5.74) is 3.19. The van der Waals surface area contributed by atoms with Gasteiger partial charge in [-0.3, -0.25) is 0 Å². The van der Waals surface area contributed by atoms with Crippen LogP contribution >= 0.6 is 11.6 Å². The Morgan fingerprint density at radius 2 is 2.05 bits per heavy atom. The zero-order valence-corrected chi connectivity index (χ0v) is 11.5. The lowest BCUT2D eigenvalue weighted by Gasteiger charge is -2.18. The fraction of sp³-hybridized carbons (Fsp3) is 0.188. The van der Waals surface area contributed by atoms with Gasteiger partial charge in [-0.15, -0.1) is 0 Å². The van der Waals surface area contributed by atoms with Crippen molar-refractivity contribution in [3.8, 4) is 16.9 Å². The molecule has 0 bridgehead atoms. The summed E-state index contributed by atoms with van der Waals surface area (Å²) in [6, 6.07) is 10.8. The van der Waals surface area contributed by atoms with E-state index in [0.717, 1.165) is 36.3 Å². The van der Waals surface area contributed by atoms with Crippen LogP contribution in [0.25, 0.3) is 11.1 Å². The second-order valence-corrected chi connectivity index (χ2v) is 5.18. The van der Waals surface area contributed by atoms with E-state index >= 15 is 0 Å². The summed E-state index contributed by atoms with van der Waals surface area (Å²) in [4.78, 5) is 10.9. The molecule has 0 aromatic heterocycles. The first-order chi connectivity index (χ1) is 9.65. The summed E-state index contributed by atoms with van der Waals surface area (Å²) >= 11 is 6.20. The summed E-state index contributed by atoms with van der Waals surface area (Å²) in [5.74, 6) is -0.0458. The molecule has 1 aliphatic rings. The molecule has 0 saturated carbocycles. The minimum atomic E-state index is -0.975. The number of fused-ring (bicyclic) bond motifs is 1. The van der Waals surface area contributed by atoms with E-state index in [2.05, 4.69) is 6.07 Å². The van der Waals surface area contributed by atoms with Gasteiger partial charge < -0.3 is 9.84 Å². The molecule has 20 heavy (non-hydrogen) atoms. The largest absolute Gasteiger partial charge is 0.493 e. The van der Waals surface area contributed by atoms with Crippen LogP contribution in [0, 0.1) is 0 Å². The van der Waals surface area contributed by atoms with Crippen LogP contribution in [0.5, 0.6) is 5.75 Å². The van der Waals surface area contributed by atoms with Crippen LogP contribution in [-0.2, 0) is 6.42 Å². The van der Waals surface area contributed by atoms with E-state index < -0.39 is 5.97 Å². The van der Waals surface area contributed by atoms with Crippen LogP contribution in [0.3, 0.4) is 0 Å². The van der Waals surface area contributed by atoms with Crippen LogP contribution in [0.4, 0.5) is 0 Å². The van der Waals surface area contributed by atoms with Crippen molar-refractivity contribution in [3.05, 3.63) is 52.5 Å². The van der Waals surface area contributed by atoms with Crippen molar-refractivity contribution in [2.45, 2.75) is 12.8 Å². The summed E-state index contributed by atoms with van der Waals surface area (Å²) in [7, 11) is 0. The number of ether oxygens (including phenoxy) is 1. The third-order valence-corrected chi connectivity index (χ3v) is 3.75. The highest BCUT2D eigenvalue weighted by Gasteiger charge is 2.13. The minimum absolute atomic E-state index is 0.194. The molecule has 2 aromatic rings. The van der Waals surface area contributed by atoms with Gasteiger partial charge in [-0.2, -0.15) is 0 Å². The van der Waals surface area contributed by atoms with E-state index in [1.165, 1.54) is 11.6 Å². The molecule has 3 nitrogen and oxygen atoms in total. The lowest BCUT2D eigenvalue weighted by Crippen LogP contribution is -2.08. The van der Waals surface area contributed by atoms with Gasteiger partial charge >= 0.3 is 5.97 Å². The first-order valence-electron chi connectivity index (χ1n) is 6.44. The summed E-state index contributed by atoms with van der Waals surface area (Å²) in [5, 5.41) is 9.40. The lowest BCUT2D eigenvalue weighted by atomic mass is 9.98. The molecule has 4 heteroatoms. The predicted molar refractivity (Wildman–Crippen MR) is 77.7 cm³/mol. The number of carbonyl (C=O) groups is 1. The number of carboxylic acids is 1. The molecule has 1 N–H and O–H groups in total. The Kier molecular flexibility index (Phi) is 3.36. The van der Waals surface area contributed by atoms with E-state index in [0.29, 0.717) is 5.02 Å². The molecule has 0 saturated heterocycles. The molecule has 0 fully saturated rings. The lowest BCUT2D eigenvalue weighted by molar-refractivity contribution is 0.0697. The number of hydrogen-bond acceptors (Lipinski definition) is 2. The van der Waals surface area contributed by atoms with Gasteiger partial charge in [0.15, 0.2) is 0 Å². The maximum absolute atomic E-state index is 10.9. The molecular formula is C16H13ClO3. The normalized spacial score (nSPS) is 13.4. The van der Waals surface area contributed by atoms with E-state index in [9.17, 15) is 4.79 Å². The fourth-order valence-electron chi connectivity index (χ4n) is 2.41. The number of rotatable bonds is 2. The van der Waals surface area contributed by atoms with Crippen molar-refractivity contribution >= 4 is 17.6 Å². The van der Waals surface area contributed by atoms with Crippen molar-refractivity contribution < 1.29 is 14.6 Å². The number of aromatic carboxylic acids is 1. The molecule has 1 aliphatic heterocycles. The third kappa shape index (κ3) is 2.37. The molecule has 0 amide bonds. The number of benzene rings is 2. The van der Waals surface area contributed by atoms with E-state index in [1.54, 1.807) is 12.1 Å². The quantitative estimate of drug-likeness (QED) is 0.907. The first-order valence-corrected chi connectivity index (χ1v) is 6.82. The smallest absolute Gasteiger partial charge is 0.335 e. The van der Waals surface area contributed by atoms with E-state index in [4.69, 9.17) is 21.4 Å². The zero-order chi connectivity index (χ0) is 14.1. The molecular weight excluding hydrogens is 276 g/mol. The Morgan fingerprint density at radius 1 is 1.20 bits per heavy atom. The average Bonchev–Trinajstić information content (AvgIpc) is 2.46. The highest BCUT2D eigenvalue weighted by atomic mass is 35.5. The van der Waals surface area contributed by atoms with Crippen molar-refractivity contribution in [2.75, 3.05) is 6.61 Å². The Bertz CT molecular complexity index is 679. The van der Waals surface area contributed by atoms with Crippen LogP contribution in [-0.4, -0.2) is 17.7 Å². The van der Waals surface area contributed by atoms with Gasteiger partial charge in [-0.25, -0.2) is 4.79 Å². The van der Waals surface area contributed by atoms with Crippen LogP contribution in [0.15, 0.2) is 36.4 Å². The Hall–Kier alpha value is -2.00. The SMILES string of the molecule is O=C(O)c1ccc(-c2ccc3c(c2)CCCO3)c(Cl)c1. The Morgan fingerprint density at radius 3 is 2.80 bits per heavy atom. The number of carboxylic acid groups (broad SMARTS) is 1. The van der Waals surface area contributed by atoms with Gasteiger partial charge in [-0.1, -0.05) is 23.7 Å². The molecule has 2 aromatic carbocycles. The van der Waals surface area contributed by atoms with Crippen molar-refractivity contribution in [1.29, 1.82) is 0 Å². The van der Waals surface area contributed by atoms with E-state index in [-0.39, 0.29) is 5.56 Å². The second-order valence-electron chi connectivity index (χ2n) is 4.77. The Balaban J connectivity index is 2.02. The zero-order valence-electron chi connectivity index (χ0n) is 10.7. The number of aryl methyl sites for hydroxylation is 1. The topological polar surface area (TPSA) is 46.5 Å². The second kappa shape index (κ2) is 5.17. The summed E-state index contributed by atoms with van der Waals surface area (Å²) in [6.07, 6.45) is 2.01. The van der Waals surface area contributed by atoms with Gasteiger partial charge in [0.25, 0.3) is 0 Å². The van der Waals surface area contributed by atoms with Gasteiger partial charge in [0, 0.05) is 10.6 Å². The highest BCUT2D eigenvalue weighted by Crippen LogP contribution is 2.33. The predicted octanol–water partition coefficient (Wildman–Crippen LogP) is 4.03. The van der Waals surface area contributed by atoms with Gasteiger partial charge in [-0.05, 0) is 48.2 Å². The molecule has 0 spiro atoms. The van der Waals surface area contributed by atoms with E-state index in [1.807, 2.05) is 12.1 Å². The molecule has 102 valence electrons. The Labute approximate surface area is 121 Å².